The lowest BCUT2D eigenvalue weighted by molar-refractivity contribution is 0.0601. The second-order valence-electron chi connectivity index (χ2n) is 5.45. The van der Waals surface area contributed by atoms with E-state index in [1.807, 2.05) is 6.07 Å². The van der Waals surface area contributed by atoms with Crippen LogP contribution in [0.25, 0.3) is 23.0 Å². The molecule has 0 radical (unpaired) electrons. The van der Waals surface area contributed by atoms with Gasteiger partial charge in [0.05, 0.1) is 24.3 Å². The van der Waals surface area contributed by atoms with E-state index in [0.717, 1.165) is 11.1 Å². The summed E-state index contributed by atoms with van der Waals surface area (Å²) in [5, 5.41) is 10.0. The highest BCUT2D eigenvalue weighted by molar-refractivity contribution is 6.30. The fourth-order valence-electron chi connectivity index (χ4n) is 2.45. The molecule has 0 amide bonds. The van der Waals surface area contributed by atoms with Crippen LogP contribution < -0.4 is 0 Å². The topological polar surface area (TPSA) is 63.2 Å². The van der Waals surface area contributed by atoms with Gasteiger partial charge < -0.3 is 9.15 Å². The lowest BCUT2D eigenvalue weighted by Gasteiger charge is -2.02. The zero-order chi connectivity index (χ0) is 18.5. The number of nitrogens with zero attached hydrogens (tertiary/aromatic N) is 1. The Morgan fingerprint density at radius 1 is 1.12 bits per heavy atom. The minimum absolute atomic E-state index is 0.409. The molecular formula is C21H14ClNO3. The van der Waals surface area contributed by atoms with Crippen molar-refractivity contribution in [3.8, 4) is 17.4 Å². The Kier molecular flexibility index (Phi) is 5.21. The van der Waals surface area contributed by atoms with Crippen LogP contribution in [0.1, 0.15) is 21.7 Å². The van der Waals surface area contributed by atoms with E-state index >= 15 is 0 Å². The average Bonchev–Trinajstić information content (AvgIpc) is 3.15. The summed E-state index contributed by atoms with van der Waals surface area (Å²) < 4.78 is 10.5. The van der Waals surface area contributed by atoms with Crippen LogP contribution in [0.5, 0.6) is 0 Å². The van der Waals surface area contributed by atoms with Gasteiger partial charge in [0.25, 0.3) is 0 Å². The molecule has 4 nitrogen and oxygen atoms in total. The van der Waals surface area contributed by atoms with E-state index in [2.05, 4.69) is 6.07 Å². The van der Waals surface area contributed by atoms with E-state index in [1.54, 1.807) is 60.7 Å². The van der Waals surface area contributed by atoms with E-state index in [-0.39, 0.29) is 0 Å². The van der Waals surface area contributed by atoms with E-state index in [0.29, 0.717) is 27.7 Å². The van der Waals surface area contributed by atoms with Crippen molar-refractivity contribution in [1.29, 1.82) is 5.26 Å². The predicted octanol–water partition coefficient (Wildman–Crippen LogP) is 5.45. The number of carbonyl (C=O) groups excluding carboxylic acids is 1. The Balaban J connectivity index is 1.91. The van der Waals surface area contributed by atoms with Crippen molar-refractivity contribution >= 4 is 29.2 Å². The lowest BCUT2D eigenvalue weighted by Crippen LogP contribution is -2.00. The number of benzene rings is 2. The van der Waals surface area contributed by atoms with Gasteiger partial charge in [0.15, 0.2) is 0 Å². The van der Waals surface area contributed by atoms with Crippen LogP contribution in [0.15, 0.2) is 65.1 Å². The van der Waals surface area contributed by atoms with Gasteiger partial charge in [-0.25, -0.2) is 4.79 Å². The van der Waals surface area contributed by atoms with E-state index in [1.165, 1.54) is 7.11 Å². The summed E-state index contributed by atoms with van der Waals surface area (Å²) in [6.07, 6.45) is 1.66. The van der Waals surface area contributed by atoms with Gasteiger partial charge >= 0.3 is 5.97 Å². The number of furan rings is 1. The molecule has 0 bridgehead atoms. The molecule has 0 aliphatic rings. The quantitative estimate of drug-likeness (QED) is 0.456. The van der Waals surface area contributed by atoms with Crippen LogP contribution in [-0.2, 0) is 4.74 Å². The largest absolute Gasteiger partial charge is 0.465 e. The smallest absolute Gasteiger partial charge is 0.337 e. The van der Waals surface area contributed by atoms with Gasteiger partial charge in [0.1, 0.15) is 11.5 Å². The average molecular weight is 364 g/mol. The van der Waals surface area contributed by atoms with Crippen molar-refractivity contribution in [2.45, 2.75) is 0 Å². The number of hydrogen-bond donors (Lipinski definition) is 0. The molecule has 1 aromatic heterocycles. The van der Waals surface area contributed by atoms with Gasteiger partial charge in [-0.05, 0) is 48.0 Å². The molecule has 128 valence electrons. The fourth-order valence-corrected chi connectivity index (χ4v) is 2.58. The number of nitriles is 1. The van der Waals surface area contributed by atoms with Crippen LogP contribution in [0, 0.1) is 11.3 Å². The summed E-state index contributed by atoms with van der Waals surface area (Å²) >= 11 is 5.88. The SMILES string of the molecule is COC(=O)c1cccc(-c2ccc(C=C(C#N)c3ccc(Cl)cc3)o2)c1. The number of allylic oxidation sites excluding steroid dienone is 1. The molecule has 0 saturated heterocycles. The van der Waals surface area contributed by atoms with E-state index < -0.39 is 5.97 Å². The van der Waals surface area contributed by atoms with Crippen LogP contribution in [0.2, 0.25) is 5.02 Å². The minimum atomic E-state index is -0.409. The van der Waals surface area contributed by atoms with Crippen LogP contribution in [-0.4, -0.2) is 13.1 Å². The molecule has 0 saturated carbocycles. The number of rotatable bonds is 4. The normalized spacial score (nSPS) is 11.0. The molecule has 0 aliphatic carbocycles. The second kappa shape index (κ2) is 7.73. The first kappa shape index (κ1) is 17.5. The molecule has 0 aliphatic heterocycles. The molecule has 1 heterocycles. The van der Waals surface area contributed by atoms with Gasteiger partial charge in [0, 0.05) is 10.6 Å². The maximum absolute atomic E-state index is 11.7. The molecule has 2 aromatic carbocycles. The Bertz CT molecular complexity index is 1010. The minimum Gasteiger partial charge on any atom is -0.465 e. The third-order valence-electron chi connectivity index (χ3n) is 3.76. The van der Waals surface area contributed by atoms with Gasteiger partial charge in [-0.15, -0.1) is 0 Å². The highest BCUT2D eigenvalue weighted by Gasteiger charge is 2.10. The van der Waals surface area contributed by atoms with Gasteiger partial charge in [-0.2, -0.15) is 5.26 Å². The maximum Gasteiger partial charge on any atom is 0.337 e. The summed E-state index contributed by atoms with van der Waals surface area (Å²) in [5.74, 6) is 0.721. The lowest BCUT2D eigenvalue weighted by atomic mass is 10.1. The van der Waals surface area contributed by atoms with Crippen molar-refractivity contribution < 1.29 is 13.9 Å². The number of ether oxygens (including phenoxy) is 1. The number of carbonyl (C=O) groups is 1. The highest BCUT2D eigenvalue weighted by Crippen LogP contribution is 2.26. The zero-order valence-corrected chi connectivity index (χ0v) is 14.7. The summed E-state index contributed by atoms with van der Waals surface area (Å²) in [4.78, 5) is 11.7. The van der Waals surface area contributed by atoms with Crippen molar-refractivity contribution in [2.75, 3.05) is 7.11 Å². The number of methoxy groups -OCH3 is 1. The third-order valence-corrected chi connectivity index (χ3v) is 4.01. The standard InChI is InChI=1S/C21H14ClNO3/c1-25-21(24)16-4-2-3-15(11-16)20-10-9-19(26-20)12-17(13-23)14-5-7-18(22)8-6-14/h2-12H,1H3. The molecule has 26 heavy (non-hydrogen) atoms. The van der Waals surface area contributed by atoms with Crippen molar-refractivity contribution in [3.05, 3.63) is 82.6 Å². The monoisotopic (exact) mass is 363 g/mol. The van der Waals surface area contributed by atoms with E-state index in [9.17, 15) is 10.1 Å². The zero-order valence-electron chi connectivity index (χ0n) is 13.9. The molecule has 5 heteroatoms. The summed E-state index contributed by atoms with van der Waals surface area (Å²) in [7, 11) is 1.34. The Morgan fingerprint density at radius 2 is 1.88 bits per heavy atom. The van der Waals surface area contributed by atoms with Gasteiger partial charge in [-0.3, -0.25) is 0 Å². The van der Waals surface area contributed by atoms with Crippen molar-refractivity contribution in [1.82, 2.24) is 0 Å². The van der Waals surface area contributed by atoms with Crippen LogP contribution >= 0.6 is 11.6 Å². The highest BCUT2D eigenvalue weighted by atomic mass is 35.5. The Labute approximate surface area is 155 Å². The summed E-state index contributed by atoms with van der Waals surface area (Å²) in [6, 6.07) is 19.7. The summed E-state index contributed by atoms with van der Waals surface area (Å²) in [6.45, 7) is 0. The Morgan fingerprint density at radius 3 is 2.58 bits per heavy atom. The molecule has 0 atom stereocenters. The number of esters is 1. The molecular weight excluding hydrogens is 350 g/mol. The second-order valence-corrected chi connectivity index (χ2v) is 5.89. The summed E-state index contributed by atoms with van der Waals surface area (Å²) in [5.41, 5.74) is 2.41. The van der Waals surface area contributed by atoms with E-state index in [4.69, 9.17) is 20.8 Å². The van der Waals surface area contributed by atoms with Crippen molar-refractivity contribution in [3.63, 3.8) is 0 Å². The third kappa shape index (κ3) is 3.85. The number of halogens is 1. The maximum atomic E-state index is 11.7. The first-order valence-corrected chi connectivity index (χ1v) is 8.15. The fraction of sp³-hybridized carbons (Fsp3) is 0.0476. The first-order chi connectivity index (χ1) is 12.6. The molecule has 0 unspecified atom stereocenters. The van der Waals surface area contributed by atoms with Crippen LogP contribution in [0.3, 0.4) is 0 Å². The molecule has 3 aromatic rings. The van der Waals surface area contributed by atoms with Gasteiger partial charge in [0.2, 0.25) is 0 Å². The predicted molar refractivity (Wildman–Crippen MR) is 100 cm³/mol. The van der Waals surface area contributed by atoms with Gasteiger partial charge in [-0.1, -0.05) is 35.9 Å². The first-order valence-electron chi connectivity index (χ1n) is 7.77. The number of hydrogen-bond acceptors (Lipinski definition) is 4. The molecule has 0 spiro atoms. The van der Waals surface area contributed by atoms with Crippen LogP contribution in [0.4, 0.5) is 0 Å². The Hall–Kier alpha value is -3.29. The van der Waals surface area contributed by atoms with Crippen molar-refractivity contribution in [2.24, 2.45) is 0 Å². The molecule has 0 N–H and O–H groups in total. The molecule has 3 rings (SSSR count). The molecule has 0 fully saturated rings.